The van der Waals surface area contributed by atoms with E-state index in [-0.39, 0.29) is 29.7 Å². The zero-order valence-corrected chi connectivity index (χ0v) is 17.6. The van der Waals surface area contributed by atoms with Gasteiger partial charge in [0.25, 0.3) is 5.91 Å². The Balaban J connectivity index is 1.82. The molecule has 1 aliphatic heterocycles. The summed E-state index contributed by atoms with van der Waals surface area (Å²) in [6.45, 7) is -0.261. The number of carbonyl (C=O) groups excluding carboxylic acids is 2. The molecule has 0 fully saturated rings. The van der Waals surface area contributed by atoms with Crippen LogP contribution in [0.5, 0.6) is 5.75 Å². The van der Waals surface area contributed by atoms with Crippen LogP contribution < -0.4 is 15.8 Å². The topological polar surface area (TPSA) is 119 Å². The highest BCUT2D eigenvalue weighted by Crippen LogP contribution is 2.49. The van der Waals surface area contributed by atoms with E-state index in [4.69, 9.17) is 22.1 Å². The third-order valence-electron chi connectivity index (χ3n) is 4.87. The van der Waals surface area contributed by atoms with Crippen LogP contribution in [0.4, 0.5) is 5.69 Å². The molecule has 1 aliphatic rings. The molecule has 7 nitrogen and oxygen atoms in total. The molecule has 1 aromatic heterocycles. The normalized spacial score (nSPS) is 15.1. The van der Waals surface area contributed by atoms with Gasteiger partial charge in [-0.1, -0.05) is 35.9 Å². The van der Waals surface area contributed by atoms with E-state index in [1.165, 1.54) is 0 Å². The summed E-state index contributed by atoms with van der Waals surface area (Å²) < 4.78 is 5.38. The van der Waals surface area contributed by atoms with Crippen molar-refractivity contribution in [2.45, 2.75) is 12.3 Å². The van der Waals surface area contributed by atoms with E-state index in [1.807, 2.05) is 6.07 Å². The molecule has 3 aromatic rings. The van der Waals surface area contributed by atoms with Gasteiger partial charge in [0.2, 0.25) is 5.91 Å². The largest absolute Gasteiger partial charge is 0.484 e. The third kappa shape index (κ3) is 4.26. The van der Waals surface area contributed by atoms with Gasteiger partial charge in [0.15, 0.2) is 6.61 Å². The molecule has 158 valence electrons. The highest BCUT2D eigenvalue weighted by atomic mass is 35.5. The number of nitrogens with two attached hydrogens (primary N) is 1. The van der Waals surface area contributed by atoms with E-state index in [9.17, 15) is 19.5 Å². The molecule has 0 saturated heterocycles. The van der Waals surface area contributed by atoms with Gasteiger partial charge in [-0.05, 0) is 35.4 Å². The van der Waals surface area contributed by atoms with Crippen LogP contribution in [0.1, 0.15) is 32.5 Å². The van der Waals surface area contributed by atoms with Crippen LogP contribution in [0.2, 0.25) is 5.02 Å². The number of fused-ring (bicyclic) bond motifs is 1. The van der Waals surface area contributed by atoms with Gasteiger partial charge in [-0.3, -0.25) is 9.59 Å². The fourth-order valence-electron chi connectivity index (χ4n) is 3.57. The number of nitrogens with one attached hydrogen (secondary N) is 1. The van der Waals surface area contributed by atoms with E-state index in [0.717, 1.165) is 21.8 Å². The number of ether oxygens (including phenoxy) is 1. The van der Waals surface area contributed by atoms with Crippen LogP contribution in [0.3, 0.4) is 0 Å². The lowest BCUT2D eigenvalue weighted by atomic mass is 9.88. The Labute approximate surface area is 186 Å². The zero-order valence-electron chi connectivity index (χ0n) is 16.1. The lowest BCUT2D eigenvalue weighted by Gasteiger charge is -2.24. The van der Waals surface area contributed by atoms with E-state index in [0.29, 0.717) is 27.6 Å². The van der Waals surface area contributed by atoms with Crippen LogP contribution in [0.15, 0.2) is 48.5 Å². The minimum Gasteiger partial charge on any atom is -0.484 e. The number of hydrogen-bond donors (Lipinski definition) is 3. The number of anilines is 1. The molecule has 2 heterocycles. The first-order valence-electron chi connectivity index (χ1n) is 9.30. The van der Waals surface area contributed by atoms with Gasteiger partial charge in [0.1, 0.15) is 10.6 Å². The maximum atomic E-state index is 12.6. The summed E-state index contributed by atoms with van der Waals surface area (Å²) in [7, 11) is 0. The Hall–Kier alpha value is -3.36. The molecule has 0 bridgehead atoms. The summed E-state index contributed by atoms with van der Waals surface area (Å²) in [6, 6.07) is 13.8. The van der Waals surface area contributed by atoms with Gasteiger partial charge in [0, 0.05) is 27.8 Å². The number of carboxylic acids is 1. The number of rotatable bonds is 6. The van der Waals surface area contributed by atoms with Gasteiger partial charge >= 0.3 is 5.97 Å². The van der Waals surface area contributed by atoms with Crippen molar-refractivity contribution in [3.05, 3.63) is 68.9 Å². The summed E-state index contributed by atoms with van der Waals surface area (Å²) in [5.41, 5.74) is 7.52. The summed E-state index contributed by atoms with van der Waals surface area (Å²) in [5, 5.41) is 13.2. The van der Waals surface area contributed by atoms with Crippen molar-refractivity contribution in [1.82, 2.24) is 0 Å². The van der Waals surface area contributed by atoms with Crippen LogP contribution in [0, 0.1) is 0 Å². The van der Waals surface area contributed by atoms with Crippen molar-refractivity contribution in [3.63, 3.8) is 0 Å². The molecule has 2 aromatic carbocycles. The molecular formula is C22H17ClN2O5S. The van der Waals surface area contributed by atoms with Crippen molar-refractivity contribution in [2.75, 3.05) is 11.9 Å². The predicted molar refractivity (Wildman–Crippen MR) is 118 cm³/mol. The molecule has 9 heteroatoms. The van der Waals surface area contributed by atoms with Crippen LogP contribution in [-0.2, 0) is 9.59 Å². The number of halogens is 1. The second kappa shape index (κ2) is 8.41. The van der Waals surface area contributed by atoms with Gasteiger partial charge < -0.3 is 20.9 Å². The van der Waals surface area contributed by atoms with Crippen molar-refractivity contribution < 1.29 is 24.2 Å². The Morgan fingerprint density at radius 3 is 2.65 bits per heavy atom. The maximum Gasteiger partial charge on any atom is 0.346 e. The Morgan fingerprint density at radius 2 is 1.97 bits per heavy atom. The van der Waals surface area contributed by atoms with Gasteiger partial charge in [-0.25, -0.2) is 4.79 Å². The van der Waals surface area contributed by atoms with Crippen LogP contribution in [-0.4, -0.2) is 29.5 Å². The second-order valence-corrected chi connectivity index (χ2v) is 8.48. The first kappa shape index (κ1) is 20.9. The molecule has 0 radical (unpaired) electrons. The minimum atomic E-state index is -1.07. The SMILES string of the molecule is NC(=O)COc1cccc([C@H]2CC(=O)Nc3c2sc(C(=O)O)c3-c2ccc(Cl)cc2)c1. The molecule has 2 amide bonds. The Bertz CT molecular complexity index is 1190. The van der Waals surface area contributed by atoms with E-state index in [1.54, 1.807) is 42.5 Å². The first-order valence-corrected chi connectivity index (χ1v) is 10.5. The number of aromatic carboxylic acids is 1. The summed E-state index contributed by atoms with van der Waals surface area (Å²) >= 11 is 7.12. The van der Waals surface area contributed by atoms with Gasteiger partial charge in [-0.2, -0.15) is 0 Å². The van der Waals surface area contributed by atoms with Crippen LogP contribution >= 0.6 is 22.9 Å². The minimum absolute atomic E-state index is 0.139. The number of hydrogen-bond acceptors (Lipinski definition) is 5. The molecule has 4 N–H and O–H groups in total. The smallest absolute Gasteiger partial charge is 0.346 e. The number of carboxylic acid groups (broad SMARTS) is 1. The molecule has 0 saturated carbocycles. The molecule has 31 heavy (non-hydrogen) atoms. The Morgan fingerprint density at radius 1 is 1.23 bits per heavy atom. The number of carbonyl (C=O) groups is 3. The van der Waals surface area contributed by atoms with Crippen molar-refractivity contribution in [1.29, 1.82) is 0 Å². The lowest BCUT2D eigenvalue weighted by Crippen LogP contribution is -2.22. The monoisotopic (exact) mass is 456 g/mol. The fraction of sp³-hybridized carbons (Fsp3) is 0.136. The zero-order chi connectivity index (χ0) is 22.1. The van der Waals surface area contributed by atoms with E-state index in [2.05, 4.69) is 5.32 Å². The maximum absolute atomic E-state index is 12.6. The predicted octanol–water partition coefficient (Wildman–Crippen LogP) is 4.10. The molecular weight excluding hydrogens is 440 g/mol. The lowest BCUT2D eigenvalue weighted by molar-refractivity contribution is -0.120. The van der Waals surface area contributed by atoms with Gasteiger partial charge in [-0.15, -0.1) is 11.3 Å². The number of thiophene rings is 1. The summed E-state index contributed by atoms with van der Waals surface area (Å²) in [6.07, 6.45) is 0.159. The highest BCUT2D eigenvalue weighted by Gasteiger charge is 2.34. The van der Waals surface area contributed by atoms with Crippen molar-refractivity contribution in [2.24, 2.45) is 5.73 Å². The quantitative estimate of drug-likeness (QED) is 0.515. The van der Waals surface area contributed by atoms with E-state index >= 15 is 0 Å². The number of amides is 2. The number of primary amides is 1. The fourth-order valence-corrected chi connectivity index (χ4v) is 4.95. The molecule has 1 atom stereocenters. The van der Waals surface area contributed by atoms with Crippen molar-refractivity contribution >= 4 is 46.4 Å². The highest BCUT2D eigenvalue weighted by molar-refractivity contribution is 7.15. The third-order valence-corrected chi connectivity index (χ3v) is 6.42. The average molecular weight is 457 g/mol. The van der Waals surface area contributed by atoms with Gasteiger partial charge in [0.05, 0.1) is 5.69 Å². The Kier molecular flexibility index (Phi) is 5.67. The summed E-state index contributed by atoms with van der Waals surface area (Å²) in [4.78, 5) is 36.5. The molecule has 0 unspecified atom stereocenters. The first-order chi connectivity index (χ1) is 14.8. The molecule has 0 spiro atoms. The standard InChI is InChI=1S/C22H17ClN2O5S/c23-13-6-4-11(5-7-13)18-19-20(31-21(18)22(28)29)15(9-17(27)25-19)12-2-1-3-14(8-12)30-10-16(24)26/h1-8,15H,9-10H2,(H2,24,26)(H,25,27)(H,28,29)/t15-/m1/s1. The van der Waals surface area contributed by atoms with Crippen molar-refractivity contribution in [3.8, 4) is 16.9 Å². The second-order valence-electron chi connectivity index (χ2n) is 6.99. The average Bonchev–Trinajstić information content (AvgIpc) is 3.12. The molecule has 4 rings (SSSR count). The van der Waals surface area contributed by atoms with Crippen LogP contribution in [0.25, 0.3) is 11.1 Å². The summed E-state index contributed by atoms with van der Waals surface area (Å²) in [5.74, 6) is -1.80. The number of benzene rings is 2. The molecule has 0 aliphatic carbocycles. The van der Waals surface area contributed by atoms with E-state index < -0.39 is 11.9 Å².